The van der Waals surface area contributed by atoms with E-state index in [1.165, 1.54) is 29.5 Å². The lowest BCUT2D eigenvalue weighted by Gasteiger charge is -2.36. The van der Waals surface area contributed by atoms with Gasteiger partial charge in [0, 0.05) is 63.0 Å². The van der Waals surface area contributed by atoms with Crippen LogP contribution in [0.25, 0.3) is 0 Å². The first-order valence-corrected chi connectivity index (χ1v) is 13.9. The maximum absolute atomic E-state index is 14.2. The number of hydrogen-bond donors (Lipinski definition) is 0. The van der Waals surface area contributed by atoms with Gasteiger partial charge in [0.05, 0.1) is 31.3 Å². The van der Waals surface area contributed by atoms with Crippen LogP contribution in [-0.2, 0) is 0 Å². The molecule has 1 aromatic carbocycles. The molecule has 0 atom stereocenters. The Hall–Kier alpha value is -2.46. The summed E-state index contributed by atoms with van der Waals surface area (Å²) in [4.78, 5) is 40.1. The fourth-order valence-electron chi connectivity index (χ4n) is 4.76. The summed E-state index contributed by atoms with van der Waals surface area (Å²) < 4.78 is 14.2. The van der Waals surface area contributed by atoms with Crippen molar-refractivity contribution in [2.75, 3.05) is 44.2 Å². The first-order valence-electron chi connectivity index (χ1n) is 11.9. The summed E-state index contributed by atoms with van der Waals surface area (Å²) in [6.07, 6.45) is 4.50. The lowest BCUT2D eigenvalue weighted by Crippen LogP contribution is -2.49. The van der Waals surface area contributed by atoms with Crippen LogP contribution in [0.2, 0.25) is 15.1 Å². The van der Waals surface area contributed by atoms with Gasteiger partial charge < -0.3 is 14.7 Å². The van der Waals surface area contributed by atoms with Crippen LogP contribution >= 0.6 is 46.1 Å². The summed E-state index contributed by atoms with van der Waals surface area (Å²) in [6.45, 7) is 3.20. The number of carbonyl (C=O) groups excluding carboxylic acids is 2. The van der Waals surface area contributed by atoms with Crippen molar-refractivity contribution in [3.05, 3.63) is 73.1 Å². The Labute approximate surface area is 232 Å². The van der Waals surface area contributed by atoms with E-state index in [4.69, 9.17) is 34.8 Å². The Morgan fingerprint density at radius 1 is 0.892 bits per heavy atom. The van der Waals surface area contributed by atoms with Crippen LogP contribution in [0.4, 0.5) is 10.1 Å². The van der Waals surface area contributed by atoms with Crippen molar-refractivity contribution in [1.29, 1.82) is 0 Å². The monoisotopic (exact) mass is 581 g/mol. The van der Waals surface area contributed by atoms with Crippen LogP contribution in [0, 0.1) is 5.82 Å². The quantitative estimate of drug-likeness (QED) is 0.399. The summed E-state index contributed by atoms with van der Waals surface area (Å²) in [5, 5.41) is 3.77. The number of rotatable bonds is 4. The number of anilines is 1. The van der Waals surface area contributed by atoms with Gasteiger partial charge in [-0.25, -0.2) is 9.37 Å². The van der Waals surface area contributed by atoms with Crippen LogP contribution in [0.3, 0.4) is 0 Å². The van der Waals surface area contributed by atoms with E-state index < -0.39 is 11.7 Å². The van der Waals surface area contributed by atoms with Crippen LogP contribution in [0.1, 0.15) is 44.6 Å². The molecule has 2 fully saturated rings. The number of benzene rings is 1. The van der Waals surface area contributed by atoms with E-state index >= 15 is 0 Å². The van der Waals surface area contributed by atoms with Crippen molar-refractivity contribution in [3.8, 4) is 0 Å². The number of nitrogens with zero attached hydrogens (tertiary/aromatic N) is 5. The summed E-state index contributed by atoms with van der Waals surface area (Å²) in [6, 6.07) is 4.24. The van der Waals surface area contributed by atoms with Gasteiger partial charge in [-0.3, -0.25) is 14.6 Å². The summed E-state index contributed by atoms with van der Waals surface area (Å²) in [7, 11) is 0. The summed E-state index contributed by atoms with van der Waals surface area (Å²) >= 11 is 20.1. The normalized spacial score (nSPS) is 16.8. The third-order valence-electron chi connectivity index (χ3n) is 6.76. The van der Waals surface area contributed by atoms with E-state index in [1.807, 2.05) is 0 Å². The van der Waals surface area contributed by atoms with Crippen molar-refractivity contribution in [3.63, 3.8) is 0 Å². The highest BCUT2D eigenvalue weighted by molar-refractivity contribution is 7.09. The molecule has 0 radical (unpaired) electrons. The number of amides is 2. The number of aromatic nitrogens is 2. The van der Waals surface area contributed by atoms with Crippen LogP contribution in [0.15, 0.2) is 36.0 Å². The molecule has 2 aliphatic rings. The summed E-state index contributed by atoms with van der Waals surface area (Å²) in [5.74, 6) is -0.976. The molecule has 2 aromatic heterocycles. The number of carbonyl (C=O) groups is 2. The predicted octanol–water partition coefficient (Wildman–Crippen LogP) is 5.62. The van der Waals surface area contributed by atoms with Gasteiger partial charge in [-0.1, -0.05) is 40.9 Å². The van der Waals surface area contributed by atoms with Crippen LogP contribution < -0.4 is 4.90 Å². The van der Waals surface area contributed by atoms with Crippen molar-refractivity contribution >= 4 is 63.6 Å². The SMILES string of the molecule is O=C(c1csc(C2CCN(C(=O)c3c(F)cccc3Cl)CC2)n1)N1CCN(c2c(Cl)cncc2Cl)CC1. The van der Waals surface area contributed by atoms with Gasteiger partial charge in [0.15, 0.2) is 0 Å². The number of likely N-dealkylation sites (tertiary alicyclic amines) is 1. The highest BCUT2D eigenvalue weighted by Gasteiger charge is 2.30. The lowest BCUT2D eigenvalue weighted by molar-refractivity contribution is 0.0708. The Bertz CT molecular complexity index is 1280. The molecule has 2 amide bonds. The van der Waals surface area contributed by atoms with Crippen molar-refractivity contribution in [2.45, 2.75) is 18.8 Å². The fourth-order valence-corrected chi connectivity index (χ4v) is 6.58. The summed E-state index contributed by atoms with van der Waals surface area (Å²) in [5.41, 5.74) is 1.09. The lowest BCUT2D eigenvalue weighted by atomic mass is 9.97. The molecule has 194 valence electrons. The topological polar surface area (TPSA) is 69.6 Å². The molecule has 0 unspecified atom stereocenters. The van der Waals surface area contributed by atoms with E-state index in [2.05, 4.69) is 14.9 Å². The molecular formula is C25H23Cl3FN5O2S. The maximum atomic E-state index is 14.2. The largest absolute Gasteiger partial charge is 0.365 e. The van der Waals surface area contributed by atoms with E-state index in [1.54, 1.807) is 27.6 Å². The number of piperazine rings is 1. The van der Waals surface area contributed by atoms with Gasteiger partial charge in [-0.15, -0.1) is 11.3 Å². The zero-order valence-corrected chi connectivity index (χ0v) is 22.8. The average molecular weight is 583 g/mol. The molecule has 0 spiro atoms. The number of pyridine rings is 1. The first-order chi connectivity index (χ1) is 17.8. The molecular weight excluding hydrogens is 560 g/mol. The zero-order valence-electron chi connectivity index (χ0n) is 19.7. The highest BCUT2D eigenvalue weighted by atomic mass is 35.5. The third-order valence-corrected chi connectivity index (χ3v) is 8.64. The molecule has 0 N–H and O–H groups in total. The molecule has 37 heavy (non-hydrogen) atoms. The van der Waals surface area contributed by atoms with Crippen molar-refractivity contribution in [1.82, 2.24) is 19.8 Å². The van der Waals surface area contributed by atoms with E-state index in [9.17, 15) is 14.0 Å². The molecule has 2 aliphatic heterocycles. The molecule has 0 bridgehead atoms. The van der Waals surface area contributed by atoms with Crippen LogP contribution in [0.5, 0.6) is 0 Å². The molecule has 5 rings (SSSR count). The average Bonchev–Trinajstić information content (AvgIpc) is 3.39. The standard InChI is InChI=1S/C25H23Cl3FN5O2S/c26-16-2-1-3-19(29)21(16)25(36)33-6-4-15(5-7-33)23-31-20(14-37-23)24(35)34-10-8-32(9-11-34)22-17(27)12-30-13-18(22)28/h1-3,12-15H,4-11H2. The maximum Gasteiger partial charge on any atom is 0.273 e. The van der Waals surface area contributed by atoms with Gasteiger partial charge in [-0.2, -0.15) is 0 Å². The number of piperidine rings is 1. The second-order valence-corrected chi connectivity index (χ2v) is 11.1. The molecule has 3 aromatic rings. The van der Waals surface area contributed by atoms with Crippen LogP contribution in [-0.4, -0.2) is 70.9 Å². The Morgan fingerprint density at radius 3 is 2.19 bits per heavy atom. The second kappa shape index (κ2) is 11.1. The molecule has 0 aliphatic carbocycles. The Balaban J connectivity index is 1.17. The fraction of sp³-hybridized carbons (Fsp3) is 0.360. The van der Waals surface area contributed by atoms with Gasteiger partial charge in [0.2, 0.25) is 0 Å². The van der Waals surface area contributed by atoms with Gasteiger partial charge >= 0.3 is 0 Å². The first kappa shape index (κ1) is 26.2. The predicted molar refractivity (Wildman–Crippen MR) is 144 cm³/mol. The molecule has 4 heterocycles. The van der Waals surface area contributed by atoms with Gasteiger partial charge in [-0.05, 0) is 25.0 Å². The van der Waals surface area contributed by atoms with E-state index in [0.29, 0.717) is 67.8 Å². The van der Waals surface area contributed by atoms with E-state index in [-0.39, 0.29) is 22.4 Å². The second-order valence-electron chi connectivity index (χ2n) is 8.97. The smallest absolute Gasteiger partial charge is 0.273 e. The molecule has 0 saturated carbocycles. The van der Waals surface area contributed by atoms with Gasteiger partial charge in [0.1, 0.15) is 11.5 Å². The Kier molecular flexibility index (Phi) is 7.85. The van der Waals surface area contributed by atoms with E-state index in [0.717, 1.165) is 10.7 Å². The minimum Gasteiger partial charge on any atom is -0.365 e. The number of thiazole rings is 1. The number of halogens is 4. The van der Waals surface area contributed by atoms with Gasteiger partial charge in [0.25, 0.3) is 11.8 Å². The van der Waals surface area contributed by atoms with Crippen molar-refractivity contribution < 1.29 is 14.0 Å². The zero-order chi connectivity index (χ0) is 26.1. The Morgan fingerprint density at radius 2 is 1.54 bits per heavy atom. The highest BCUT2D eigenvalue weighted by Crippen LogP contribution is 2.34. The minimum absolute atomic E-state index is 0.0849. The molecule has 12 heteroatoms. The minimum atomic E-state index is -0.615. The third kappa shape index (κ3) is 5.41. The number of hydrogen-bond acceptors (Lipinski definition) is 6. The molecule has 7 nitrogen and oxygen atoms in total. The van der Waals surface area contributed by atoms with Crippen molar-refractivity contribution in [2.24, 2.45) is 0 Å². The molecule has 2 saturated heterocycles.